The number of hydrogen-bond acceptors (Lipinski definition) is 2. The molecule has 0 aliphatic heterocycles. The Hall–Kier alpha value is -0.790. The number of rotatable bonds is 7. The predicted molar refractivity (Wildman–Crippen MR) is 59.1 cm³/mol. The first-order valence-electron chi connectivity index (χ1n) is 5.62. The van der Waals surface area contributed by atoms with Gasteiger partial charge >= 0.3 is 5.97 Å². The van der Waals surface area contributed by atoms with Gasteiger partial charge in [0.15, 0.2) is 0 Å². The van der Waals surface area contributed by atoms with E-state index >= 15 is 0 Å². The van der Waals surface area contributed by atoms with Crippen molar-refractivity contribution < 1.29 is 9.53 Å². The minimum Gasteiger partial charge on any atom is -0.463 e. The van der Waals surface area contributed by atoms with E-state index < -0.39 is 0 Å². The molecule has 0 unspecified atom stereocenters. The third kappa shape index (κ3) is 5.79. The second kappa shape index (κ2) is 8.79. The molecule has 0 rings (SSSR count). The zero-order valence-electron chi connectivity index (χ0n) is 9.64. The molecule has 0 bridgehead atoms. The van der Waals surface area contributed by atoms with Crippen LogP contribution in [0.4, 0.5) is 0 Å². The monoisotopic (exact) mass is 198 g/mol. The van der Waals surface area contributed by atoms with Crippen molar-refractivity contribution >= 4 is 5.97 Å². The van der Waals surface area contributed by atoms with Crippen molar-refractivity contribution in [3.63, 3.8) is 0 Å². The molecule has 2 nitrogen and oxygen atoms in total. The van der Waals surface area contributed by atoms with E-state index in [4.69, 9.17) is 4.74 Å². The topological polar surface area (TPSA) is 26.3 Å². The number of ether oxygens (including phenoxy) is 1. The van der Waals surface area contributed by atoms with Crippen molar-refractivity contribution in [3.8, 4) is 0 Å². The van der Waals surface area contributed by atoms with Crippen LogP contribution in [0.5, 0.6) is 0 Å². The summed E-state index contributed by atoms with van der Waals surface area (Å²) in [5.74, 6) is -0.130. The lowest BCUT2D eigenvalue weighted by atomic mass is 10.1. The Balaban J connectivity index is 4.15. The van der Waals surface area contributed by atoms with E-state index in [2.05, 4.69) is 13.8 Å². The molecule has 82 valence electrons. The quantitative estimate of drug-likeness (QED) is 0.462. The van der Waals surface area contributed by atoms with E-state index in [1.54, 1.807) is 0 Å². The predicted octanol–water partition coefficient (Wildman–Crippen LogP) is 3.47. The number of carbonyl (C=O) groups excluding carboxylic acids is 1. The van der Waals surface area contributed by atoms with Gasteiger partial charge in [0.25, 0.3) is 0 Å². The van der Waals surface area contributed by atoms with Crippen LogP contribution in [0.25, 0.3) is 0 Å². The standard InChI is InChI=1S/C12H22O2/c1-4-7-9-11(10-8-5-2)12(13)14-6-3/h9H,4-8,10H2,1-3H3. The van der Waals surface area contributed by atoms with Crippen LogP contribution in [-0.2, 0) is 9.53 Å². The fraction of sp³-hybridized carbons (Fsp3) is 0.750. The minimum atomic E-state index is -0.130. The molecule has 14 heavy (non-hydrogen) atoms. The molecule has 0 heterocycles. The van der Waals surface area contributed by atoms with Gasteiger partial charge in [-0.05, 0) is 26.2 Å². The zero-order chi connectivity index (χ0) is 10.8. The van der Waals surface area contributed by atoms with Crippen LogP contribution in [0.3, 0.4) is 0 Å². The van der Waals surface area contributed by atoms with Gasteiger partial charge in [-0.25, -0.2) is 4.79 Å². The van der Waals surface area contributed by atoms with Crippen LogP contribution in [0, 0.1) is 0 Å². The van der Waals surface area contributed by atoms with Crippen molar-refractivity contribution in [2.24, 2.45) is 0 Å². The molecule has 0 N–H and O–H groups in total. The second-order valence-electron chi connectivity index (χ2n) is 3.34. The number of unbranched alkanes of at least 4 members (excludes halogenated alkanes) is 2. The van der Waals surface area contributed by atoms with Crippen molar-refractivity contribution in [3.05, 3.63) is 11.6 Å². The van der Waals surface area contributed by atoms with Gasteiger partial charge in [0, 0.05) is 5.57 Å². The zero-order valence-corrected chi connectivity index (χ0v) is 9.64. The Bertz CT molecular complexity index is 183. The lowest BCUT2D eigenvalue weighted by molar-refractivity contribution is -0.138. The molecule has 0 saturated heterocycles. The Labute approximate surface area is 87.3 Å². The van der Waals surface area contributed by atoms with Crippen LogP contribution >= 0.6 is 0 Å². The van der Waals surface area contributed by atoms with E-state index in [1.807, 2.05) is 13.0 Å². The molecule has 0 aromatic rings. The van der Waals surface area contributed by atoms with Gasteiger partial charge in [0.05, 0.1) is 6.61 Å². The largest absolute Gasteiger partial charge is 0.463 e. The van der Waals surface area contributed by atoms with Gasteiger partial charge in [0.2, 0.25) is 0 Å². The van der Waals surface area contributed by atoms with Crippen LogP contribution < -0.4 is 0 Å². The van der Waals surface area contributed by atoms with Gasteiger partial charge < -0.3 is 4.74 Å². The summed E-state index contributed by atoms with van der Waals surface area (Å²) in [5, 5.41) is 0. The maximum Gasteiger partial charge on any atom is 0.333 e. The van der Waals surface area contributed by atoms with Gasteiger partial charge in [-0.3, -0.25) is 0 Å². The molecule has 0 amide bonds. The molecule has 0 fully saturated rings. The molecule has 0 aromatic heterocycles. The number of carbonyl (C=O) groups is 1. The summed E-state index contributed by atoms with van der Waals surface area (Å²) in [7, 11) is 0. The number of hydrogen-bond donors (Lipinski definition) is 0. The maximum atomic E-state index is 11.5. The summed E-state index contributed by atoms with van der Waals surface area (Å²) in [4.78, 5) is 11.5. The van der Waals surface area contributed by atoms with Gasteiger partial charge in [-0.1, -0.05) is 32.8 Å². The van der Waals surface area contributed by atoms with Crippen LogP contribution in [0.2, 0.25) is 0 Å². The number of allylic oxidation sites excluding steroid dienone is 1. The summed E-state index contributed by atoms with van der Waals surface area (Å²) >= 11 is 0. The Morgan fingerprint density at radius 2 is 1.93 bits per heavy atom. The molecular weight excluding hydrogens is 176 g/mol. The Morgan fingerprint density at radius 1 is 1.21 bits per heavy atom. The summed E-state index contributed by atoms with van der Waals surface area (Å²) in [5.41, 5.74) is 0.857. The highest BCUT2D eigenvalue weighted by Crippen LogP contribution is 2.11. The molecular formula is C12H22O2. The molecule has 0 aromatic carbocycles. The molecule has 0 aliphatic rings. The average Bonchev–Trinajstić information content (AvgIpc) is 2.18. The normalized spacial score (nSPS) is 11.5. The van der Waals surface area contributed by atoms with E-state index in [9.17, 15) is 4.79 Å². The smallest absolute Gasteiger partial charge is 0.333 e. The Morgan fingerprint density at radius 3 is 2.43 bits per heavy atom. The van der Waals surface area contributed by atoms with E-state index in [0.717, 1.165) is 37.7 Å². The summed E-state index contributed by atoms with van der Waals surface area (Å²) < 4.78 is 4.99. The third-order valence-electron chi connectivity index (χ3n) is 2.02. The van der Waals surface area contributed by atoms with Gasteiger partial charge in [0.1, 0.15) is 0 Å². The highest BCUT2D eigenvalue weighted by Gasteiger charge is 2.08. The highest BCUT2D eigenvalue weighted by molar-refractivity contribution is 5.88. The average molecular weight is 198 g/mol. The summed E-state index contributed by atoms with van der Waals surface area (Å²) in [6, 6.07) is 0. The van der Waals surface area contributed by atoms with Crippen molar-refractivity contribution in [2.75, 3.05) is 6.61 Å². The fourth-order valence-corrected chi connectivity index (χ4v) is 1.20. The van der Waals surface area contributed by atoms with Crippen molar-refractivity contribution in [1.29, 1.82) is 0 Å². The Kier molecular flexibility index (Phi) is 8.30. The summed E-state index contributed by atoms with van der Waals surface area (Å²) in [6.07, 6.45) is 7.10. The number of esters is 1. The third-order valence-corrected chi connectivity index (χ3v) is 2.02. The van der Waals surface area contributed by atoms with Gasteiger partial charge in [-0.15, -0.1) is 0 Å². The van der Waals surface area contributed by atoms with Gasteiger partial charge in [-0.2, -0.15) is 0 Å². The molecule has 2 heteroatoms. The van der Waals surface area contributed by atoms with Crippen molar-refractivity contribution in [1.82, 2.24) is 0 Å². The van der Waals surface area contributed by atoms with Crippen LogP contribution in [-0.4, -0.2) is 12.6 Å². The first-order chi connectivity index (χ1) is 6.76. The first kappa shape index (κ1) is 13.2. The van der Waals surface area contributed by atoms with E-state index in [0.29, 0.717) is 6.61 Å². The minimum absolute atomic E-state index is 0.130. The second-order valence-corrected chi connectivity index (χ2v) is 3.34. The first-order valence-corrected chi connectivity index (χ1v) is 5.62. The molecule has 0 saturated carbocycles. The molecule has 0 radical (unpaired) electrons. The van der Waals surface area contributed by atoms with E-state index in [1.165, 1.54) is 0 Å². The fourth-order valence-electron chi connectivity index (χ4n) is 1.20. The molecule has 0 atom stereocenters. The van der Waals surface area contributed by atoms with Crippen LogP contribution in [0.1, 0.15) is 52.9 Å². The highest BCUT2D eigenvalue weighted by atomic mass is 16.5. The maximum absolute atomic E-state index is 11.5. The SMILES string of the molecule is CCCC=C(CCCC)C(=O)OCC. The lowest BCUT2D eigenvalue weighted by Crippen LogP contribution is -2.07. The lowest BCUT2D eigenvalue weighted by Gasteiger charge is -2.05. The molecule has 0 aliphatic carbocycles. The van der Waals surface area contributed by atoms with Crippen molar-refractivity contribution in [2.45, 2.75) is 52.9 Å². The molecule has 0 spiro atoms. The van der Waals surface area contributed by atoms with Crippen LogP contribution in [0.15, 0.2) is 11.6 Å². The summed E-state index contributed by atoms with van der Waals surface area (Å²) in [6.45, 7) is 6.55. The van der Waals surface area contributed by atoms with E-state index in [-0.39, 0.29) is 5.97 Å².